The highest BCUT2D eigenvalue weighted by molar-refractivity contribution is 7.90. The van der Waals surface area contributed by atoms with Crippen molar-refractivity contribution < 1.29 is 31.2 Å². The van der Waals surface area contributed by atoms with E-state index in [9.17, 15) is 31.2 Å². The van der Waals surface area contributed by atoms with Gasteiger partial charge in [0.25, 0.3) is 21.8 Å². The molecule has 1 saturated heterocycles. The first-order chi connectivity index (χ1) is 15.0. The summed E-state index contributed by atoms with van der Waals surface area (Å²) in [6.07, 6.45) is 0.339. The zero-order valence-corrected chi connectivity index (χ0v) is 17.6. The van der Waals surface area contributed by atoms with Gasteiger partial charge in [-0.2, -0.15) is 13.2 Å². The van der Waals surface area contributed by atoms with Gasteiger partial charge in [0, 0.05) is 44.5 Å². The second-order valence-corrected chi connectivity index (χ2v) is 9.23. The van der Waals surface area contributed by atoms with E-state index in [0.29, 0.717) is 0 Å². The minimum absolute atomic E-state index is 0.0898. The number of carbonyl (C=O) groups excluding carboxylic acids is 2. The van der Waals surface area contributed by atoms with E-state index in [4.69, 9.17) is 0 Å². The molecular formula is C20H19F3N4O4S. The van der Waals surface area contributed by atoms with E-state index in [1.807, 2.05) is 0 Å². The highest BCUT2D eigenvalue weighted by atomic mass is 32.2. The summed E-state index contributed by atoms with van der Waals surface area (Å²) in [5, 5.41) is 0. The quantitative estimate of drug-likeness (QED) is 0.656. The van der Waals surface area contributed by atoms with Crippen LogP contribution in [0.15, 0.2) is 52.6 Å². The lowest BCUT2D eigenvalue weighted by Crippen LogP contribution is -2.52. The molecule has 0 N–H and O–H groups in total. The molecule has 32 heavy (non-hydrogen) atoms. The van der Waals surface area contributed by atoms with E-state index in [0.717, 1.165) is 24.3 Å². The van der Waals surface area contributed by atoms with E-state index in [2.05, 4.69) is 4.40 Å². The van der Waals surface area contributed by atoms with Crippen molar-refractivity contribution in [1.29, 1.82) is 0 Å². The van der Waals surface area contributed by atoms with Gasteiger partial charge in [0.15, 0.2) is 5.84 Å². The number of fused-ring (bicyclic) bond motifs is 1. The lowest BCUT2D eigenvalue weighted by atomic mass is 10.1. The van der Waals surface area contributed by atoms with Gasteiger partial charge >= 0.3 is 6.18 Å². The lowest BCUT2D eigenvalue weighted by Gasteiger charge is -2.36. The van der Waals surface area contributed by atoms with Crippen LogP contribution in [0.3, 0.4) is 0 Å². The first kappa shape index (κ1) is 22.1. The summed E-state index contributed by atoms with van der Waals surface area (Å²) >= 11 is 0. The predicted octanol–water partition coefficient (Wildman–Crippen LogP) is 1.49. The molecule has 0 saturated carbocycles. The van der Waals surface area contributed by atoms with Crippen LogP contribution in [0.2, 0.25) is 0 Å². The van der Waals surface area contributed by atoms with E-state index in [1.54, 1.807) is 17.2 Å². The minimum atomic E-state index is -4.48. The largest absolute Gasteiger partial charge is 0.416 e. The number of amidine groups is 1. The summed E-state index contributed by atoms with van der Waals surface area (Å²) in [5.41, 5.74) is -0.533. The number of alkyl halides is 3. The molecule has 12 heteroatoms. The molecule has 3 aliphatic rings. The molecule has 0 unspecified atom stereocenters. The van der Waals surface area contributed by atoms with Crippen molar-refractivity contribution in [3.8, 4) is 0 Å². The Morgan fingerprint density at radius 3 is 2.09 bits per heavy atom. The molecule has 0 radical (unpaired) electrons. The maximum Gasteiger partial charge on any atom is 0.416 e. The summed E-state index contributed by atoms with van der Waals surface area (Å²) < 4.78 is 65.6. The van der Waals surface area contributed by atoms with Gasteiger partial charge in [0.05, 0.1) is 16.9 Å². The van der Waals surface area contributed by atoms with Gasteiger partial charge in [0.1, 0.15) is 0 Å². The zero-order valence-electron chi connectivity index (χ0n) is 16.7. The van der Waals surface area contributed by atoms with Gasteiger partial charge in [-0.25, -0.2) is 8.42 Å². The molecule has 4 rings (SSSR count). The van der Waals surface area contributed by atoms with Crippen LogP contribution in [-0.2, 0) is 21.0 Å². The van der Waals surface area contributed by atoms with Gasteiger partial charge in [0.2, 0.25) is 0 Å². The number of hydrogen-bond donors (Lipinski definition) is 0. The highest BCUT2D eigenvalue weighted by Gasteiger charge is 2.34. The molecule has 0 aliphatic carbocycles. The van der Waals surface area contributed by atoms with Crippen LogP contribution < -0.4 is 0 Å². The molecule has 170 valence electrons. The Labute approximate surface area is 182 Å². The van der Waals surface area contributed by atoms with Gasteiger partial charge in [-0.1, -0.05) is 0 Å². The lowest BCUT2D eigenvalue weighted by molar-refractivity contribution is -0.137. The number of sulfonamides is 1. The van der Waals surface area contributed by atoms with Crippen LogP contribution in [0, 0.1) is 0 Å². The van der Waals surface area contributed by atoms with Crippen molar-refractivity contribution in [1.82, 2.24) is 14.7 Å². The second-order valence-electron chi connectivity index (χ2n) is 7.48. The molecule has 3 heterocycles. The molecule has 0 aromatic heterocycles. The number of nitrogens with zero attached hydrogens (tertiary/aromatic N) is 4. The van der Waals surface area contributed by atoms with Crippen molar-refractivity contribution in [2.24, 2.45) is 4.40 Å². The van der Waals surface area contributed by atoms with Crippen LogP contribution in [0.1, 0.15) is 15.9 Å². The standard InChI is InChI=1S/C20H19F3N4O4S/c21-20(22,23)15-5-3-14(4-6-15)18(28)26-8-10-27(11-9-26)19(29)16-2-1-7-25-12-13-32(30,31)24-17(16)25/h1-7H,8-13H2. The Morgan fingerprint density at radius 2 is 1.50 bits per heavy atom. The number of rotatable bonds is 2. The Kier molecular flexibility index (Phi) is 5.57. The monoisotopic (exact) mass is 468 g/mol. The molecule has 1 aromatic carbocycles. The molecule has 0 bridgehead atoms. The number of amides is 2. The summed E-state index contributed by atoms with van der Waals surface area (Å²) in [5.74, 6) is -0.851. The Balaban J connectivity index is 1.42. The van der Waals surface area contributed by atoms with E-state index < -0.39 is 33.6 Å². The average Bonchev–Trinajstić information content (AvgIpc) is 2.77. The van der Waals surface area contributed by atoms with Crippen LogP contribution in [-0.4, -0.2) is 79.2 Å². The van der Waals surface area contributed by atoms with Gasteiger partial charge in [-0.05, 0) is 36.4 Å². The fourth-order valence-electron chi connectivity index (χ4n) is 3.65. The molecule has 0 atom stereocenters. The number of allylic oxidation sites excluding steroid dienone is 2. The molecule has 3 aliphatic heterocycles. The van der Waals surface area contributed by atoms with Gasteiger partial charge < -0.3 is 14.7 Å². The van der Waals surface area contributed by atoms with E-state index >= 15 is 0 Å². The van der Waals surface area contributed by atoms with E-state index in [1.165, 1.54) is 15.9 Å². The van der Waals surface area contributed by atoms with Crippen LogP contribution in [0.4, 0.5) is 13.2 Å². The van der Waals surface area contributed by atoms with Crippen molar-refractivity contribution in [2.45, 2.75) is 6.18 Å². The fraction of sp³-hybridized carbons (Fsp3) is 0.350. The first-order valence-corrected chi connectivity index (χ1v) is 11.4. The minimum Gasteiger partial charge on any atom is -0.335 e. The van der Waals surface area contributed by atoms with Crippen molar-refractivity contribution in [3.63, 3.8) is 0 Å². The van der Waals surface area contributed by atoms with Gasteiger partial charge in [-0.15, -0.1) is 4.40 Å². The maximum absolute atomic E-state index is 13.0. The van der Waals surface area contributed by atoms with Crippen molar-refractivity contribution in [3.05, 3.63) is 59.3 Å². The Bertz CT molecular complexity index is 1130. The van der Waals surface area contributed by atoms with Gasteiger partial charge in [-0.3, -0.25) is 9.59 Å². The third kappa shape index (κ3) is 4.40. The third-order valence-corrected chi connectivity index (χ3v) is 6.55. The summed E-state index contributed by atoms with van der Waals surface area (Å²) in [6, 6.07) is 4.00. The summed E-state index contributed by atoms with van der Waals surface area (Å²) in [4.78, 5) is 30.2. The number of hydrogen-bond acceptors (Lipinski definition) is 5. The molecule has 0 spiro atoms. The SMILES string of the molecule is O=C(C1=CC=CN2CCS(=O)(=O)N=C12)N1CCN(C(=O)c2ccc(C(F)(F)F)cc2)CC1. The molecule has 1 aromatic rings. The normalized spacial score (nSPS) is 20.4. The number of piperazine rings is 1. The second kappa shape index (κ2) is 8.08. The fourth-order valence-corrected chi connectivity index (χ4v) is 4.64. The molecule has 2 amide bonds. The van der Waals surface area contributed by atoms with Crippen LogP contribution in [0.25, 0.3) is 0 Å². The first-order valence-electron chi connectivity index (χ1n) is 9.79. The summed E-state index contributed by atoms with van der Waals surface area (Å²) in [6.45, 7) is 1.00. The Morgan fingerprint density at radius 1 is 0.906 bits per heavy atom. The van der Waals surface area contributed by atoms with Crippen molar-refractivity contribution >= 4 is 27.7 Å². The molecule has 1 fully saturated rings. The number of benzene rings is 1. The molecular weight excluding hydrogens is 449 g/mol. The van der Waals surface area contributed by atoms with Crippen molar-refractivity contribution in [2.75, 3.05) is 38.5 Å². The highest BCUT2D eigenvalue weighted by Crippen LogP contribution is 2.29. The maximum atomic E-state index is 13.0. The van der Waals surface area contributed by atoms with E-state index in [-0.39, 0.29) is 55.4 Å². The van der Waals surface area contributed by atoms with Crippen LogP contribution >= 0.6 is 0 Å². The summed E-state index contributed by atoms with van der Waals surface area (Å²) in [7, 11) is -3.64. The average molecular weight is 468 g/mol. The smallest absolute Gasteiger partial charge is 0.335 e. The Hall–Kier alpha value is -3.15. The topological polar surface area (TPSA) is 90.4 Å². The number of carbonyl (C=O) groups is 2. The predicted molar refractivity (Wildman–Crippen MR) is 109 cm³/mol. The van der Waals surface area contributed by atoms with Crippen LogP contribution in [0.5, 0.6) is 0 Å². The molecule has 8 nitrogen and oxygen atoms in total. The zero-order chi connectivity index (χ0) is 23.1. The number of halogens is 3. The third-order valence-electron chi connectivity index (χ3n) is 5.40.